The Bertz CT molecular complexity index is 492. The van der Waals surface area contributed by atoms with Crippen LogP contribution in [0.5, 0.6) is 0 Å². The number of nitrogens with one attached hydrogen (secondary N) is 2. The highest BCUT2D eigenvalue weighted by molar-refractivity contribution is 6.43. The molecule has 0 radical (unpaired) electrons. The predicted molar refractivity (Wildman–Crippen MR) is 62.5 cm³/mol. The van der Waals surface area contributed by atoms with Gasteiger partial charge in [-0.05, 0) is 6.42 Å². The molecule has 0 aliphatic carbocycles. The minimum atomic E-state index is -0.300. The van der Waals surface area contributed by atoms with E-state index < -0.39 is 0 Å². The van der Waals surface area contributed by atoms with E-state index in [0.29, 0.717) is 6.54 Å². The first-order valence-corrected chi connectivity index (χ1v) is 5.63. The Hall–Kier alpha value is -2.25. The second-order valence-electron chi connectivity index (χ2n) is 3.93. The first kappa shape index (κ1) is 12.2. The fraction of sp³-hybridized carbons (Fsp3) is 0.500. The lowest BCUT2D eigenvalue weighted by atomic mass is 10.2. The Morgan fingerprint density at radius 1 is 1.61 bits per heavy atom. The van der Waals surface area contributed by atoms with Crippen LogP contribution >= 0.6 is 0 Å². The second-order valence-corrected chi connectivity index (χ2v) is 3.93. The average Bonchev–Trinajstić information content (AvgIpc) is 2.94. The Morgan fingerprint density at radius 2 is 2.44 bits per heavy atom. The van der Waals surface area contributed by atoms with Crippen molar-refractivity contribution >= 4 is 17.5 Å². The monoisotopic (exact) mass is 250 g/mol. The van der Waals surface area contributed by atoms with Gasteiger partial charge in [0.15, 0.2) is 0 Å². The summed E-state index contributed by atoms with van der Waals surface area (Å²) in [5.41, 5.74) is 2.47. The number of hydrazone groups is 1. The summed E-state index contributed by atoms with van der Waals surface area (Å²) < 4.78 is 1.70. The topological polar surface area (TPSA) is 101 Å². The van der Waals surface area contributed by atoms with Crippen molar-refractivity contribution in [3.63, 3.8) is 0 Å². The summed E-state index contributed by atoms with van der Waals surface area (Å²) in [6.45, 7) is 0.513. The molecule has 0 bridgehead atoms. The Morgan fingerprint density at radius 3 is 3.06 bits per heavy atom. The van der Waals surface area contributed by atoms with Crippen molar-refractivity contribution in [2.75, 3.05) is 6.54 Å². The summed E-state index contributed by atoms with van der Waals surface area (Å²) in [5, 5.41) is 10.3. The predicted octanol–water partition coefficient (Wildman–Crippen LogP) is -1.26. The van der Waals surface area contributed by atoms with Crippen molar-refractivity contribution in [3.05, 3.63) is 12.2 Å². The molecule has 1 aromatic rings. The van der Waals surface area contributed by atoms with Crippen LogP contribution in [0, 0.1) is 0 Å². The van der Waals surface area contributed by atoms with Gasteiger partial charge in [0.2, 0.25) is 5.91 Å². The molecule has 0 aromatic carbocycles. The molecule has 0 atom stereocenters. The molecule has 1 aliphatic rings. The van der Waals surface area contributed by atoms with Gasteiger partial charge in [0.05, 0.1) is 6.42 Å². The van der Waals surface area contributed by atoms with Crippen LogP contribution in [0.2, 0.25) is 0 Å². The lowest BCUT2D eigenvalue weighted by molar-refractivity contribution is -0.120. The molecule has 0 unspecified atom stereocenters. The van der Waals surface area contributed by atoms with E-state index in [1.807, 2.05) is 7.05 Å². The molecule has 2 amide bonds. The number of amides is 2. The van der Waals surface area contributed by atoms with Crippen molar-refractivity contribution in [1.29, 1.82) is 0 Å². The van der Waals surface area contributed by atoms with Gasteiger partial charge in [0, 0.05) is 20.0 Å². The van der Waals surface area contributed by atoms with Gasteiger partial charge in [-0.15, -0.1) is 0 Å². The van der Waals surface area contributed by atoms with Gasteiger partial charge < -0.3 is 5.32 Å². The van der Waals surface area contributed by atoms with Gasteiger partial charge in [-0.25, -0.2) is 10.4 Å². The van der Waals surface area contributed by atoms with Crippen LogP contribution in [0.15, 0.2) is 11.4 Å². The molecular formula is C10H14N6O2. The number of rotatable bonds is 5. The third kappa shape index (κ3) is 2.90. The van der Waals surface area contributed by atoms with E-state index in [2.05, 4.69) is 25.9 Å². The van der Waals surface area contributed by atoms with Crippen LogP contribution < -0.4 is 10.7 Å². The highest BCUT2D eigenvalue weighted by Crippen LogP contribution is 1.97. The normalized spacial score (nSPS) is 14.3. The standard InChI is InChI=1S/C10H14N6O2/c1-16-8(12-6-13-16)3-2-4-11-10(18)7-5-9(17)15-14-7/h6H,2-5H2,1H3,(H,11,18)(H,15,17). The van der Waals surface area contributed by atoms with Crippen LogP contribution in [0.4, 0.5) is 0 Å². The highest BCUT2D eigenvalue weighted by Gasteiger charge is 2.20. The molecule has 2 N–H and O–H groups in total. The first-order valence-electron chi connectivity index (χ1n) is 5.63. The van der Waals surface area contributed by atoms with Crippen molar-refractivity contribution in [2.24, 2.45) is 12.1 Å². The fourth-order valence-corrected chi connectivity index (χ4v) is 1.59. The Kier molecular flexibility index (Phi) is 3.66. The maximum atomic E-state index is 11.6. The molecule has 0 fully saturated rings. The zero-order valence-corrected chi connectivity index (χ0v) is 10.0. The molecule has 2 rings (SSSR count). The molecule has 18 heavy (non-hydrogen) atoms. The first-order chi connectivity index (χ1) is 8.66. The fourth-order valence-electron chi connectivity index (χ4n) is 1.59. The van der Waals surface area contributed by atoms with Gasteiger partial charge in [-0.3, -0.25) is 14.3 Å². The Balaban J connectivity index is 1.68. The van der Waals surface area contributed by atoms with E-state index in [1.54, 1.807) is 4.68 Å². The summed E-state index contributed by atoms with van der Waals surface area (Å²) in [4.78, 5) is 26.5. The molecule has 0 saturated carbocycles. The minimum absolute atomic E-state index is 0.0507. The Labute approximate surface area is 103 Å². The van der Waals surface area contributed by atoms with Gasteiger partial charge in [0.1, 0.15) is 17.9 Å². The number of carbonyl (C=O) groups is 2. The lowest BCUT2D eigenvalue weighted by Gasteiger charge is -2.03. The maximum absolute atomic E-state index is 11.6. The summed E-state index contributed by atoms with van der Waals surface area (Å²) in [7, 11) is 1.82. The number of nitrogens with zero attached hydrogens (tertiary/aromatic N) is 4. The summed E-state index contributed by atoms with van der Waals surface area (Å²) in [6, 6.07) is 0. The van der Waals surface area contributed by atoms with Gasteiger partial charge >= 0.3 is 0 Å². The quantitative estimate of drug-likeness (QED) is 0.637. The van der Waals surface area contributed by atoms with Crippen LogP contribution in [-0.2, 0) is 23.1 Å². The molecular weight excluding hydrogens is 236 g/mol. The highest BCUT2D eigenvalue weighted by atomic mass is 16.2. The van der Waals surface area contributed by atoms with E-state index >= 15 is 0 Å². The molecule has 0 spiro atoms. The summed E-state index contributed by atoms with van der Waals surface area (Å²) >= 11 is 0. The third-order valence-corrected chi connectivity index (χ3v) is 2.57. The number of hydrogen-bond acceptors (Lipinski definition) is 5. The van der Waals surface area contributed by atoms with E-state index in [1.165, 1.54) is 6.33 Å². The number of hydrogen-bond donors (Lipinski definition) is 2. The number of aryl methyl sites for hydroxylation is 2. The van der Waals surface area contributed by atoms with Crippen molar-refractivity contribution in [1.82, 2.24) is 25.5 Å². The van der Waals surface area contributed by atoms with Crippen molar-refractivity contribution in [3.8, 4) is 0 Å². The average molecular weight is 250 g/mol. The van der Waals surface area contributed by atoms with Gasteiger partial charge in [0.25, 0.3) is 5.91 Å². The SMILES string of the molecule is Cn1ncnc1CCCNC(=O)C1=NNC(=O)C1. The van der Waals surface area contributed by atoms with Crippen molar-refractivity contribution < 1.29 is 9.59 Å². The largest absolute Gasteiger partial charge is 0.351 e. The molecule has 96 valence electrons. The van der Waals surface area contributed by atoms with Crippen LogP contribution in [-0.4, -0.2) is 38.8 Å². The van der Waals surface area contributed by atoms with E-state index in [-0.39, 0.29) is 23.9 Å². The van der Waals surface area contributed by atoms with Gasteiger partial charge in [-0.2, -0.15) is 10.2 Å². The molecule has 1 aliphatic heterocycles. The van der Waals surface area contributed by atoms with E-state index in [0.717, 1.165) is 18.7 Å². The van der Waals surface area contributed by atoms with E-state index in [9.17, 15) is 9.59 Å². The molecule has 0 saturated heterocycles. The molecule has 8 heteroatoms. The van der Waals surface area contributed by atoms with Gasteiger partial charge in [-0.1, -0.05) is 0 Å². The van der Waals surface area contributed by atoms with Crippen LogP contribution in [0.3, 0.4) is 0 Å². The number of carbonyl (C=O) groups excluding carboxylic acids is 2. The minimum Gasteiger partial charge on any atom is -0.351 e. The third-order valence-electron chi connectivity index (χ3n) is 2.57. The summed E-state index contributed by atoms with van der Waals surface area (Å²) in [6.07, 6.45) is 3.04. The zero-order valence-electron chi connectivity index (χ0n) is 10.0. The zero-order chi connectivity index (χ0) is 13.0. The van der Waals surface area contributed by atoms with Crippen molar-refractivity contribution in [2.45, 2.75) is 19.3 Å². The van der Waals surface area contributed by atoms with Crippen LogP contribution in [0.25, 0.3) is 0 Å². The summed E-state index contributed by atoms with van der Waals surface area (Å²) in [5.74, 6) is 0.324. The van der Waals surface area contributed by atoms with Crippen LogP contribution in [0.1, 0.15) is 18.7 Å². The second kappa shape index (κ2) is 5.39. The molecule has 2 heterocycles. The lowest BCUT2D eigenvalue weighted by Crippen LogP contribution is -2.31. The van der Waals surface area contributed by atoms with E-state index in [4.69, 9.17) is 0 Å². The maximum Gasteiger partial charge on any atom is 0.268 e. The smallest absolute Gasteiger partial charge is 0.268 e. The molecule has 8 nitrogen and oxygen atoms in total. The molecule has 1 aromatic heterocycles. The number of aromatic nitrogens is 3.